The summed E-state index contributed by atoms with van der Waals surface area (Å²) in [6.07, 6.45) is 0.702. The third-order valence-electron chi connectivity index (χ3n) is 6.23. The first-order chi connectivity index (χ1) is 16.3. The highest BCUT2D eigenvalue weighted by Gasteiger charge is 2.49. The number of imide groups is 1. The van der Waals surface area contributed by atoms with Crippen LogP contribution in [0.5, 0.6) is 0 Å². The molecule has 1 aliphatic heterocycles. The van der Waals surface area contributed by atoms with Gasteiger partial charge in [-0.3, -0.25) is 28.8 Å². The molecule has 1 fully saturated rings. The van der Waals surface area contributed by atoms with Crippen LogP contribution in [0.2, 0.25) is 0 Å². The van der Waals surface area contributed by atoms with Crippen LogP contribution in [0.3, 0.4) is 0 Å². The highest BCUT2D eigenvalue weighted by atomic mass is 16.5. The Bertz CT molecular complexity index is 1440. The van der Waals surface area contributed by atoms with Gasteiger partial charge in [0, 0.05) is 18.5 Å². The molecule has 1 saturated heterocycles. The van der Waals surface area contributed by atoms with E-state index in [2.05, 4.69) is 20.7 Å². The third-order valence-corrected chi connectivity index (χ3v) is 6.23. The Balaban J connectivity index is 1.36. The molecule has 3 aromatic rings. The standard InChI is InChI=1S/C23H21N5O6/c1-34-19(30)12-28-17-5-3-2-4-16(17)27(22(28)33)11-18(29)24-15-7-6-13-9-23(10-14(13)8-15)20(31)25-21(32)26-23/h2-8H,9-12H2,1H3,(H,24,29)(H2,25,26,31,32). The van der Waals surface area contributed by atoms with Crippen LogP contribution in [0.15, 0.2) is 47.3 Å². The van der Waals surface area contributed by atoms with Gasteiger partial charge in [0.1, 0.15) is 18.6 Å². The lowest BCUT2D eigenvalue weighted by atomic mass is 9.96. The first-order valence-electron chi connectivity index (χ1n) is 10.6. The van der Waals surface area contributed by atoms with Crippen LogP contribution in [0.4, 0.5) is 10.5 Å². The Kier molecular flexibility index (Phi) is 4.96. The summed E-state index contributed by atoms with van der Waals surface area (Å²) >= 11 is 0. The molecule has 0 bridgehead atoms. The molecule has 2 aliphatic rings. The second-order valence-electron chi connectivity index (χ2n) is 8.40. The van der Waals surface area contributed by atoms with Gasteiger partial charge in [-0.15, -0.1) is 0 Å². The third kappa shape index (κ3) is 3.51. The van der Waals surface area contributed by atoms with Gasteiger partial charge in [-0.1, -0.05) is 18.2 Å². The van der Waals surface area contributed by atoms with Crippen molar-refractivity contribution in [2.45, 2.75) is 31.5 Å². The van der Waals surface area contributed by atoms with Gasteiger partial charge in [0.2, 0.25) is 5.91 Å². The molecular formula is C23H21N5O6. The number of nitrogens with zero attached hydrogens (tertiary/aromatic N) is 2. The van der Waals surface area contributed by atoms with Crippen LogP contribution in [0, 0.1) is 0 Å². The van der Waals surface area contributed by atoms with Crippen LogP contribution < -0.4 is 21.6 Å². The van der Waals surface area contributed by atoms with E-state index in [-0.39, 0.29) is 19.0 Å². The number of imidazole rings is 1. The van der Waals surface area contributed by atoms with Crippen molar-refractivity contribution in [2.75, 3.05) is 12.4 Å². The average Bonchev–Trinajstić information content (AvgIpc) is 3.40. The monoisotopic (exact) mass is 463 g/mol. The van der Waals surface area contributed by atoms with Crippen molar-refractivity contribution in [3.8, 4) is 0 Å². The summed E-state index contributed by atoms with van der Waals surface area (Å²) in [7, 11) is 1.24. The highest BCUT2D eigenvalue weighted by molar-refractivity contribution is 6.08. The maximum Gasteiger partial charge on any atom is 0.330 e. The molecule has 2 aromatic carbocycles. The molecule has 1 aromatic heterocycles. The quantitative estimate of drug-likeness (QED) is 0.367. The molecule has 1 atom stereocenters. The SMILES string of the molecule is COC(=O)Cn1c(=O)n(CC(=O)Nc2ccc3c(c2)CC2(C3)NC(=O)NC2=O)c2ccccc21. The number of aromatic nitrogens is 2. The molecule has 11 heteroatoms. The molecule has 0 saturated carbocycles. The van der Waals surface area contributed by atoms with Crippen molar-refractivity contribution in [1.29, 1.82) is 0 Å². The molecule has 0 radical (unpaired) electrons. The largest absolute Gasteiger partial charge is 0.468 e. The normalized spacial score (nSPS) is 18.6. The molecule has 2 heterocycles. The van der Waals surface area contributed by atoms with Crippen molar-refractivity contribution in [1.82, 2.24) is 19.8 Å². The van der Waals surface area contributed by atoms with E-state index in [0.717, 1.165) is 11.1 Å². The number of urea groups is 1. The summed E-state index contributed by atoms with van der Waals surface area (Å²) in [5.41, 5.74) is 1.82. The number of para-hydroxylation sites is 2. The predicted octanol–water partition coefficient (Wildman–Crippen LogP) is 0.292. The number of carbonyl (C=O) groups is 4. The van der Waals surface area contributed by atoms with Gasteiger partial charge in [-0.2, -0.15) is 0 Å². The number of fused-ring (bicyclic) bond motifs is 2. The van der Waals surface area contributed by atoms with E-state index in [9.17, 15) is 24.0 Å². The van der Waals surface area contributed by atoms with Gasteiger partial charge in [0.25, 0.3) is 5.91 Å². The minimum Gasteiger partial charge on any atom is -0.468 e. The van der Waals surface area contributed by atoms with E-state index < -0.39 is 29.1 Å². The van der Waals surface area contributed by atoms with Crippen molar-refractivity contribution in [3.05, 3.63) is 64.1 Å². The summed E-state index contributed by atoms with van der Waals surface area (Å²) in [5, 5.41) is 7.76. The van der Waals surface area contributed by atoms with E-state index in [4.69, 9.17) is 0 Å². The minimum atomic E-state index is -0.989. The molecule has 1 unspecified atom stereocenters. The molecule has 4 amide bonds. The zero-order chi connectivity index (χ0) is 24.0. The Morgan fingerprint density at radius 2 is 1.68 bits per heavy atom. The number of carbonyl (C=O) groups excluding carboxylic acids is 4. The van der Waals surface area contributed by atoms with Gasteiger partial charge in [-0.05, 0) is 35.4 Å². The summed E-state index contributed by atoms with van der Waals surface area (Å²) in [5.74, 6) is -1.36. The Morgan fingerprint density at radius 1 is 1.00 bits per heavy atom. The summed E-state index contributed by atoms with van der Waals surface area (Å²) < 4.78 is 7.24. The summed E-state index contributed by atoms with van der Waals surface area (Å²) in [6.45, 7) is -0.520. The van der Waals surface area contributed by atoms with E-state index >= 15 is 0 Å². The van der Waals surface area contributed by atoms with Gasteiger partial charge in [0.05, 0.1) is 18.1 Å². The molecule has 5 rings (SSSR count). The first kappa shape index (κ1) is 21.4. The molecular weight excluding hydrogens is 442 g/mol. The number of anilines is 1. The molecule has 3 N–H and O–H groups in total. The Morgan fingerprint density at radius 3 is 2.32 bits per heavy atom. The number of hydrogen-bond acceptors (Lipinski definition) is 6. The van der Waals surface area contributed by atoms with Crippen molar-refractivity contribution in [2.24, 2.45) is 0 Å². The fourth-order valence-corrected chi connectivity index (χ4v) is 4.65. The smallest absolute Gasteiger partial charge is 0.330 e. The topological polar surface area (TPSA) is 141 Å². The van der Waals surface area contributed by atoms with E-state index in [0.29, 0.717) is 29.6 Å². The lowest BCUT2D eigenvalue weighted by Crippen LogP contribution is -2.47. The van der Waals surface area contributed by atoms with Gasteiger partial charge < -0.3 is 15.4 Å². The maximum atomic E-state index is 12.9. The number of benzene rings is 2. The van der Waals surface area contributed by atoms with Crippen LogP contribution in [-0.2, 0) is 45.1 Å². The van der Waals surface area contributed by atoms with Crippen molar-refractivity contribution in [3.63, 3.8) is 0 Å². The number of rotatable bonds is 5. The zero-order valence-corrected chi connectivity index (χ0v) is 18.2. The molecule has 1 aliphatic carbocycles. The lowest BCUT2D eigenvalue weighted by Gasteiger charge is -2.18. The maximum absolute atomic E-state index is 12.9. The number of methoxy groups -OCH3 is 1. The Labute approximate surface area is 192 Å². The Hall–Kier alpha value is -4.41. The van der Waals surface area contributed by atoms with E-state index in [1.165, 1.54) is 16.2 Å². The second-order valence-corrected chi connectivity index (χ2v) is 8.40. The minimum absolute atomic E-state index is 0.257. The van der Waals surface area contributed by atoms with Gasteiger partial charge >= 0.3 is 17.7 Å². The highest BCUT2D eigenvalue weighted by Crippen LogP contribution is 2.34. The van der Waals surface area contributed by atoms with Crippen molar-refractivity contribution < 1.29 is 23.9 Å². The number of amides is 4. The van der Waals surface area contributed by atoms with Gasteiger partial charge in [0.15, 0.2) is 0 Å². The molecule has 11 nitrogen and oxygen atoms in total. The first-order valence-corrected chi connectivity index (χ1v) is 10.6. The number of nitrogens with one attached hydrogen (secondary N) is 3. The molecule has 1 spiro atoms. The van der Waals surface area contributed by atoms with E-state index in [1.54, 1.807) is 36.4 Å². The number of ether oxygens (including phenoxy) is 1. The van der Waals surface area contributed by atoms with Crippen LogP contribution in [-0.4, -0.2) is 45.6 Å². The number of hydrogen-bond donors (Lipinski definition) is 3. The fraction of sp³-hybridized carbons (Fsp3) is 0.261. The van der Waals surface area contributed by atoms with Gasteiger partial charge in [-0.25, -0.2) is 9.59 Å². The summed E-state index contributed by atoms with van der Waals surface area (Å²) in [4.78, 5) is 61.4. The van der Waals surface area contributed by atoms with Crippen LogP contribution in [0.25, 0.3) is 11.0 Å². The second kappa shape index (κ2) is 7.87. The van der Waals surface area contributed by atoms with Crippen LogP contribution in [0.1, 0.15) is 11.1 Å². The molecule has 34 heavy (non-hydrogen) atoms. The molecule has 174 valence electrons. The van der Waals surface area contributed by atoms with E-state index in [1.807, 2.05) is 6.07 Å². The zero-order valence-electron chi connectivity index (χ0n) is 18.2. The summed E-state index contributed by atoms with van der Waals surface area (Å²) in [6, 6.07) is 11.7. The fourth-order valence-electron chi connectivity index (χ4n) is 4.65. The predicted molar refractivity (Wildman–Crippen MR) is 120 cm³/mol. The van der Waals surface area contributed by atoms with Crippen molar-refractivity contribution >= 4 is 40.5 Å². The van der Waals surface area contributed by atoms with Crippen LogP contribution >= 0.6 is 0 Å². The lowest BCUT2D eigenvalue weighted by molar-refractivity contribution is -0.141. The average molecular weight is 463 g/mol. The number of esters is 1.